The predicted molar refractivity (Wildman–Crippen MR) is 150 cm³/mol. The average molecular weight is 529 g/mol. The van der Waals surface area contributed by atoms with Gasteiger partial charge >= 0.3 is 0 Å². The van der Waals surface area contributed by atoms with Crippen LogP contribution in [-0.2, 0) is 9.59 Å². The lowest BCUT2D eigenvalue weighted by Crippen LogP contribution is -2.25. The molecule has 3 aromatic carbocycles. The molecule has 0 aromatic heterocycles. The van der Waals surface area contributed by atoms with E-state index in [0.717, 1.165) is 16.8 Å². The summed E-state index contributed by atoms with van der Waals surface area (Å²) in [5.41, 5.74) is 4.71. The third-order valence-corrected chi connectivity index (χ3v) is 7.60. The average Bonchev–Trinajstić information content (AvgIpc) is 3.53. The van der Waals surface area contributed by atoms with Gasteiger partial charge < -0.3 is 14.8 Å². The van der Waals surface area contributed by atoms with Gasteiger partial charge in [0.2, 0.25) is 5.91 Å². The number of aliphatic imine (C=N–C) groups is 1. The summed E-state index contributed by atoms with van der Waals surface area (Å²) in [4.78, 5) is 30.1. The van der Waals surface area contributed by atoms with Gasteiger partial charge in [-0.3, -0.25) is 9.59 Å². The van der Waals surface area contributed by atoms with E-state index in [2.05, 4.69) is 53.6 Å². The zero-order chi connectivity index (χ0) is 26.6. The monoisotopic (exact) mass is 528 g/mol. The highest BCUT2D eigenvalue weighted by Crippen LogP contribution is 2.39. The normalized spacial score (nSPS) is 18.7. The van der Waals surface area contributed by atoms with Crippen LogP contribution in [0, 0.1) is 6.92 Å². The van der Waals surface area contributed by atoms with E-state index in [0.29, 0.717) is 28.8 Å². The van der Waals surface area contributed by atoms with Crippen molar-refractivity contribution in [2.24, 2.45) is 10.1 Å². The molecule has 0 fully saturated rings. The van der Waals surface area contributed by atoms with Crippen LogP contribution < -0.4 is 14.8 Å². The topological polar surface area (TPSA) is 92.6 Å². The number of amides is 2. The van der Waals surface area contributed by atoms with Crippen LogP contribution in [0.3, 0.4) is 0 Å². The number of nitrogens with one attached hydrogen (secondary N) is 1. The molecule has 3 aromatic rings. The molecule has 0 saturated carbocycles. The van der Waals surface area contributed by atoms with Gasteiger partial charge in [-0.1, -0.05) is 71.9 Å². The molecule has 2 heterocycles. The van der Waals surface area contributed by atoms with Crippen LogP contribution in [0.5, 0.6) is 11.5 Å². The first-order chi connectivity index (χ1) is 18.4. The van der Waals surface area contributed by atoms with E-state index in [9.17, 15) is 9.59 Å². The van der Waals surface area contributed by atoms with Crippen LogP contribution in [0.1, 0.15) is 35.6 Å². The Bertz CT molecular complexity index is 1410. The fraction of sp³-hybridized carbons (Fsp3) is 0.241. The molecule has 0 aliphatic carbocycles. The molecule has 38 heavy (non-hydrogen) atoms. The first-order valence-electron chi connectivity index (χ1n) is 12.2. The Morgan fingerprint density at radius 3 is 2.53 bits per heavy atom. The summed E-state index contributed by atoms with van der Waals surface area (Å²) < 4.78 is 10.6. The number of methoxy groups -OCH3 is 2. The second kappa shape index (κ2) is 11.1. The van der Waals surface area contributed by atoms with Crippen molar-refractivity contribution in [2.75, 3.05) is 19.5 Å². The first-order valence-corrected chi connectivity index (χ1v) is 13.1. The summed E-state index contributed by atoms with van der Waals surface area (Å²) in [5, 5.41) is 9.42. The molecular weight excluding hydrogens is 500 g/mol. The van der Waals surface area contributed by atoms with Gasteiger partial charge in [0.05, 0.1) is 31.7 Å². The van der Waals surface area contributed by atoms with Crippen LogP contribution in [0.15, 0.2) is 82.9 Å². The van der Waals surface area contributed by atoms with E-state index in [1.807, 2.05) is 23.2 Å². The number of amidine groups is 1. The Balaban J connectivity index is 1.33. The molecule has 2 amide bonds. The van der Waals surface area contributed by atoms with Gasteiger partial charge in [0.15, 0.2) is 5.17 Å². The lowest BCUT2D eigenvalue weighted by Gasteiger charge is -2.23. The zero-order valence-corrected chi connectivity index (χ0v) is 22.2. The predicted octanol–water partition coefficient (Wildman–Crippen LogP) is 5.19. The minimum absolute atomic E-state index is 0.0325. The number of aryl methyl sites for hydroxylation is 1. The van der Waals surface area contributed by atoms with E-state index < -0.39 is 5.25 Å². The lowest BCUT2D eigenvalue weighted by molar-refractivity contribution is -0.121. The largest absolute Gasteiger partial charge is 0.497 e. The number of hydrogen-bond donors (Lipinski definition) is 1. The molecule has 8 nitrogen and oxygen atoms in total. The van der Waals surface area contributed by atoms with E-state index in [1.54, 1.807) is 25.3 Å². The summed E-state index contributed by atoms with van der Waals surface area (Å²) in [6.45, 7) is 2.05. The van der Waals surface area contributed by atoms with Crippen molar-refractivity contribution in [2.45, 2.75) is 31.1 Å². The zero-order valence-electron chi connectivity index (χ0n) is 21.4. The van der Waals surface area contributed by atoms with Crippen LogP contribution in [0.2, 0.25) is 0 Å². The third-order valence-electron chi connectivity index (χ3n) is 6.46. The third kappa shape index (κ3) is 5.43. The lowest BCUT2D eigenvalue weighted by atomic mass is 9.98. The molecule has 2 atom stereocenters. The van der Waals surface area contributed by atoms with Gasteiger partial charge in [0, 0.05) is 18.9 Å². The Morgan fingerprint density at radius 2 is 1.82 bits per heavy atom. The number of carbonyl (C=O) groups is 2. The molecule has 1 N–H and O–H groups in total. The highest BCUT2D eigenvalue weighted by atomic mass is 32.2. The van der Waals surface area contributed by atoms with Crippen molar-refractivity contribution < 1.29 is 19.1 Å². The Labute approximate surface area is 225 Å². The maximum Gasteiger partial charge on any atom is 0.262 e. The molecule has 9 heteroatoms. The Kier molecular flexibility index (Phi) is 7.46. The van der Waals surface area contributed by atoms with Gasteiger partial charge in [0.25, 0.3) is 5.91 Å². The molecule has 2 unspecified atom stereocenters. The van der Waals surface area contributed by atoms with E-state index in [1.165, 1.54) is 24.4 Å². The molecule has 5 rings (SSSR count). The highest BCUT2D eigenvalue weighted by molar-refractivity contribution is 8.15. The van der Waals surface area contributed by atoms with Gasteiger partial charge in [0.1, 0.15) is 16.7 Å². The molecule has 0 spiro atoms. The number of nitrogens with zero attached hydrogens (tertiary/aromatic N) is 3. The summed E-state index contributed by atoms with van der Waals surface area (Å²) in [5.74, 6) is 0.427. The van der Waals surface area contributed by atoms with Crippen LogP contribution in [0.25, 0.3) is 0 Å². The fourth-order valence-corrected chi connectivity index (χ4v) is 5.49. The number of hydrazone groups is 1. The van der Waals surface area contributed by atoms with Gasteiger partial charge in [-0.05, 0) is 30.2 Å². The van der Waals surface area contributed by atoms with Gasteiger partial charge in [-0.2, -0.15) is 10.1 Å². The molecule has 2 aliphatic heterocycles. The van der Waals surface area contributed by atoms with Crippen molar-refractivity contribution in [1.82, 2.24) is 5.01 Å². The maximum absolute atomic E-state index is 12.9. The molecule has 0 bridgehead atoms. The number of hydrogen-bond acceptors (Lipinski definition) is 7. The first kappa shape index (κ1) is 25.5. The minimum atomic E-state index is -0.642. The van der Waals surface area contributed by atoms with Crippen molar-refractivity contribution >= 4 is 40.1 Å². The SMILES string of the molecule is COc1ccc(OC)c(NC(=O)CC2SC(N3N=C(c4ccc(C)cc4)CC3c3ccccc3)=NC2=O)c1. The van der Waals surface area contributed by atoms with Gasteiger partial charge in [-0.15, -0.1) is 0 Å². The Morgan fingerprint density at radius 1 is 1.05 bits per heavy atom. The fourth-order valence-electron chi connectivity index (χ4n) is 4.43. The number of benzene rings is 3. The van der Waals surface area contributed by atoms with Crippen molar-refractivity contribution in [3.05, 3.63) is 89.5 Å². The molecule has 2 aliphatic rings. The summed E-state index contributed by atoms with van der Waals surface area (Å²) >= 11 is 1.27. The van der Waals surface area contributed by atoms with Crippen molar-refractivity contribution in [3.63, 3.8) is 0 Å². The number of ether oxygens (including phenoxy) is 2. The summed E-state index contributed by atoms with van der Waals surface area (Å²) in [6.07, 6.45) is 0.650. The van der Waals surface area contributed by atoms with E-state index >= 15 is 0 Å². The molecule has 0 saturated heterocycles. The molecular formula is C29H28N4O4S. The molecule has 0 radical (unpaired) electrons. The highest BCUT2D eigenvalue weighted by Gasteiger charge is 2.39. The number of anilines is 1. The second-order valence-electron chi connectivity index (χ2n) is 9.05. The van der Waals surface area contributed by atoms with E-state index in [-0.39, 0.29) is 24.3 Å². The molecule has 194 valence electrons. The van der Waals surface area contributed by atoms with Crippen molar-refractivity contribution in [1.29, 1.82) is 0 Å². The standard InChI is InChI=1S/C29H28N4O4S/c1-18-9-11-19(12-10-18)22-16-24(20-7-5-4-6-8-20)33(32-22)29-31-28(35)26(38-29)17-27(34)30-23-15-21(36-2)13-14-25(23)37-3/h4-15,24,26H,16-17H2,1-3H3,(H,30,34). The van der Waals surface area contributed by atoms with E-state index in [4.69, 9.17) is 14.6 Å². The minimum Gasteiger partial charge on any atom is -0.497 e. The van der Waals surface area contributed by atoms with Crippen LogP contribution in [-0.4, -0.2) is 47.2 Å². The number of rotatable bonds is 7. The van der Waals surface area contributed by atoms with Gasteiger partial charge in [-0.25, -0.2) is 5.01 Å². The number of carbonyl (C=O) groups excluding carboxylic acids is 2. The Hall–Kier alpha value is -4.11. The maximum atomic E-state index is 12.9. The van der Waals surface area contributed by atoms with Crippen LogP contribution in [0.4, 0.5) is 5.69 Å². The smallest absolute Gasteiger partial charge is 0.262 e. The van der Waals surface area contributed by atoms with Crippen LogP contribution >= 0.6 is 11.8 Å². The second-order valence-corrected chi connectivity index (χ2v) is 10.2. The quantitative estimate of drug-likeness (QED) is 0.454. The summed E-state index contributed by atoms with van der Waals surface area (Å²) in [7, 11) is 3.08. The summed E-state index contributed by atoms with van der Waals surface area (Å²) in [6, 6.07) is 23.4. The number of thioether (sulfide) groups is 1. The van der Waals surface area contributed by atoms with Crippen molar-refractivity contribution in [3.8, 4) is 11.5 Å².